The van der Waals surface area contributed by atoms with Crippen molar-refractivity contribution in [3.63, 3.8) is 0 Å². The quantitative estimate of drug-likeness (QED) is 0.845. The van der Waals surface area contributed by atoms with Gasteiger partial charge in [0.25, 0.3) is 0 Å². The van der Waals surface area contributed by atoms with Gasteiger partial charge in [-0.3, -0.25) is 4.68 Å². The molecule has 0 radical (unpaired) electrons. The Morgan fingerprint density at radius 2 is 2.00 bits per heavy atom. The molecule has 1 saturated heterocycles. The van der Waals surface area contributed by atoms with Crippen molar-refractivity contribution in [2.24, 2.45) is 0 Å². The lowest BCUT2D eigenvalue weighted by atomic mass is 10.0. The molecular formula is C16H21BrN4. The van der Waals surface area contributed by atoms with Crippen molar-refractivity contribution in [2.75, 3.05) is 25.9 Å². The van der Waals surface area contributed by atoms with Crippen LogP contribution in [0.5, 0.6) is 0 Å². The number of likely N-dealkylation sites (tertiary alicyclic amines) is 1. The Kier molecular flexibility index (Phi) is 4.04. The first-order valence-corrected chi connectivity index (χ1v) is 8.13. The number of benzene rings is 1. The normalized spacial score (nSPS) is 17.3. The van der Waals surface area contributed by atoms with E-state index in [0.717, 1.165) is 52.9 Å². The number of nitrogen functional groups attached to an aromatic ring is 1. The van der Waals surface area contributed by atoms with Gasteiger partial charge in [-0.25, -0.2) is 0 Å². The number of rotatable bonds is 2. The molecule has 0 spiro atoms. The van der Waals surface area contributed by atoms with E-state index in [1.165, 1.54) is 0 Å². The summed E-state index contributed by atoms with van der Waals surface area (Å²) in [5.74, 6) is 0. The molecule has 4 nitrogen and oxygen atoms in total. The predicted molar refractivity (Wildman–Crippen MR) is 90.3 cm³/mol. The van der Waals surface area contributed by atoms with Crippen LogP contribution in [-0.2, 0) is 0 Å². The SMILES string of the molecule is Cc1cc(N)c(-c2ccnn2C2CCN(C)CC2)cc1Br. The van der Waals surface area contributed by atoms with Crippen molar-refractivity contribution in [3.8, 4) is 11.3 Å². The van der Waals surface area contributed by atoms with Gasteiger partial charge >= 0.3 is 0 Å². The number of nitrogens with zero attached hydrogens (tertiary/aromatic N) is 3. The number of aromatic nitrogens is 2. The van der Waals surface area contributed by atoms with Crippen molar-refractivity contribution in [3.05, 3.63) is 34.4 Å². The highest BCUT2D eigenvalue weighted by Gasteiger charge is 2.22. The first-order chi connectivity index (χ1) is 10.1. The van der Waals surface area contributed by atoms with Gasteiger partial charge in [-0.15, -0.1) is 0 Å². The molecule has 0 atom stereocenters. The van der Waals surface area contributed by atoms with Crippen LogP contribution in [0.4, 0.5) is 5.69 Å². The van der Waals surface area contributed by atoms with Gasteiger partial charge in [-0.2, -0.15) is 5.10 Å². The minimum atomic E-state index is 0.464. The Morgan fingerprint density at radius 1 is 1.29 bits per heavy atom. The molecule has 0 bridgehead atoms. The van der Waals surface area contributed by atoms with Gasteiger partial charge in [0.1, 0.15) is 0 Å². The van der Waals surface area contributed by atoms with E-state index in [1.54, 1.807) is 0 Å². The lowest BCUT2D eigenvalue weighted by molar-refractivity contribution is 0.213. The van der Waals surface area contributed by atoms with Gasteiger partial charge in [0.05, 0.1) is 11.7 Å². The zero-order valence-electron chi connectivity index (χ0n) is 12.5. The van der Waals surface area contributed by atoms with Gasteiger partial charge in [0.15, 0.2) is 0 Å². The maximum Gasteiger partial charge on any atom is 0.0706 e. The first-order valence-electron chi connectivity index (χ1n) is 7.34. The average molecular weight is 349 g/mol. The number of hydrogen-bond donors (Lipinski definition) is 1. The van der Waals surface area contributed by atoms with Gasteiger partial charge in [0.2, 0.25) is 0 Å². The lowest BCUT2D eigenvalue weighted by Crippen LogP contribution is -2.32. The van der Waals surface area contributed by atoms with Gasteiger partial charge in [-0.05, 0) is 63.7 Å². The molecule has 0 amide bonds. The highest BCUT2D eigenvalue weighted by atomic mass is 79.9. The molecular weight excluding hydrogens is 328 g/mol. The Labute approximate surface area is 134 Å². The third-order valence-corrected chi connectivity index (χ3v) is 5.17. The fourth-order valence-corrected chi connectivity index (χ4v) is 3.33. The van der Waals surface area contributed by atoms with E-state index in [4.69, 9.17) is 5.73 Å². The molecule has 3 rings (SSSR count). The number of aryl methyl sites for hydroxylation is 1. The highest BCUT2D eigenvalue weighted by Crippen LogP contribution is 2.34. The Hall–Kier alpha value is -1.33. The Balaban J connectivity index is 1.97. The third kappa shape index (κ3) is 2.85. The highest BCUT2D eigenvalue weighted by molar-refractivity contribution is 9.10. The van der Waals surface area contributed by atoms with Crippen LogP contribution < -0.4 is 5.73 Å². The summed E-state index contributed by atoms with van der Waals surface area (Å²) >= 11 is 3.60. The maximum absolute atomic E-state index is 6.23. The van der Waals surface area contributed by atoms with E-state index >= 15 is 0 Å². The van der Waals surface area contributed by atoms with E-state index in [0.29, 0.717) is 6.04 Å². The van der Waals surface area contributed by atoms with Crippen LogP contribution in [0.1, 0.15) is 24.4 Å². The molecule has 1 aliphatic rings. The van der Waals surface area contributed by atoms with Crippen LogP contribution in [0, 0.1) is 6.92 Å². The number of halogens is 1. The summed E-state index contributed by atoms with van der Waals surface area (Å²) < 4.78 is 3.24. The molecule has 1 aliphatic heterocycles. The second-order valence-corrected chi connectivity index (χ2v) is 6.74. The van der Waals surface area contributed by atoms with Crippen molar-refractivity contribution in [1.82, 2.24) is 14.7 Å². The van der Waals surface area contributed by atoms with Crippen LogP contribution >= 0.6 is 15.9 Å². The van der Waals surface area contributed by atoms with Crippen molar-refractivity contribution in [1.29, 1.82) is 0 Å². The second-order valence-electron chi connectivity index (χ2n) is 5.88. The minimum absolute atomic E-state index is 0.464. The van der Waals surface area contributed by atoms with Crippen LogP contribution in [0.2, 0.25) is 0 Å². The number of anilines is 1. The standard InChI is InChI=1S/C16H21BrN4/c1-11-9-15(18)13(10-14(11)17)16-3-6-19-21(16)12-4-7-20(2)8-5-12/h3,6,9-10,12H,4-5,7-8,18H2,1-2H3. The van der Waals surface area contributed by atoms with Crippen LogP contribution in [0.3, 0.4) is 0 Å². The fraction of sp³-hybridized carbons (Fsp3) is 0.438. The molecule has 0 saturated carbocycles. The van der Waals surface area contributed by atoms with Crippen molar-refractivity contribution in [2.45, 2.75) is 25.8 Å². The summed E-state index contributed by atoms with van der Waals surface area (Å²) in [5, 5.41) is 4.56. The average Bonchev–Trinajstić information content (AvgIpc) is 2.93. The summed E-state index contributed by atoms with van der Waals surface area (Å²) in [4.78, 5) is 2.37. The number of hydrogen-bond acceptors (Lipinski definition) is 3. The molecule has 1 aromatic carbocycles. The van der Waals surface area contributed by atoms with Gasteiger partial charge < -0.3 is 10.6 Å². The molecule has 2 N–H and O–H groups in total. The second kappa shape index (κ2) is 5.81. The smallest absolute Gasteiger partial charge is 0.0706 e. The molecule has 112 valence electrons. The van der Waals surface area contributed by atoms with Gasteiger partial charge in [-0.1, -0.05) is 15.9 Å². The first kappa shape index (κ1) is 14.6. The van der Waals surface area contributed by atoms with Crippen LogP contribution in [-0.4, -0.2) is 34.8 Å². The summed E-state index contributed by atoms with van der Waals surface area (Å²) in [5.41, 5.74) is 10.4. The molecule has 0 unspecified atom stereocenters. The van der Waals surface area contributed by atoms with E-state index in [2.05, 4.69) is 56.7 Å². The molecule has 21 heavy (non-hydrogen) atoms. The summed E-state index contributed by atoms with van der Waals surface area (Å²) in [6.07, 6.45) is 4.15. The van der Waals surface area contributed by atoms with E-state index in [-0.39, 0.29) is 0 Å². The molecule has 2 heterocycles. The number of piperidine rings is 1. The summed E-state index contributed by atoms with van der Waals surface area (Å²) in [7, 11) is 2.18. The van der Waals surface area contributed by atoms with E-state index < -0.39 is 0 Å². The summed E-state index contributed by atoms with van der Waals surface area (Å²) in [6, 6.07) is 6.65. The van der Waals surface area contributed by atoms with Crippen molar-refractivity contribution < 1.29 is 0 Å². The monoisotopic (exact) mass is 348 g/mol. The lowest BCUT2D eigenvalue weighted by Gasteiger charge is -2.30. The largest absolute Gasteiger partial charge is 0.398 e. The molecule has 5 heteroatoms. The topological polar surface area (TPSA) is 47.1 Å². The molecule has 1 aromatic heterocycles. The third-order valence-electron chi connectivity index (χ3n) is 4.31. The van der Waals surface area contributed by atoms with Crippen molar-refractivity contribution >= 4 is 21.6 Å². The summed E-state index contributed by atoms with van der Waals surface area (Å²) in [6.45, 7) is 4.30. The fourth-order valence-electron chi connectivity index (χ4n) is 2.98. The minimum Gasteiger partial charge on any atom is -0.398 e. The van der Waals surface area contributed by atoms with E-state index in [9.17, 15) is 0 Å². The van der Waals surface area contributed by atoms with Gasteiger partial charge in [0, 0.05) is 21.9 Å². The van der Waals surface area contributed by atoms with E-state index in [1.807, 2.05) is 12.3 Å². The molecule has 1 fully saturated rings. The zero-order valence-corrected chi connectivity index (χ0v) is 14.1. The zero-order chi connectivity index (χ0) is 15.0. The van der Waals surface area contributed by atoms with Crippen LogP contribution in [0.15, 0.2) is 28.9 Å². The molecule has 0 aliphatic carbocycles. The van der Waals surface area contributed by atoms with Crippen LogP contribution in [0.25, 0.3) is 11.3 Å². The Bertz CT molecular complexity index is 642. The Morgan fingerprint density at radius 3 is 2.71 bits per heavy atom. The maximum atomic E-state index is 6.23. The predicted octanol–water partition coefficient (Wildman–Crippen LogP) is 3.47. The molecule has 2 aromatic rings. The number of nitrogens with two attached hydrogens (primary N) is 1.